The smallest absolute Gasteiger partial charge is 0.349 e. The van der Waals surface area contributed by atoms with Crippen LogP contribution in [0.4, 0.5) is 0 Å². The second kappa shape index (κ2) is 15.9. The van der Waals surface area contributed by atoms with Gasteiger partial charge in [-0.3, -0.25) is 14.4 Å². The van der Waals surface area contributed by atoms with Gasteiger partial charge in [-0.05, 0) is 59.9 Å². The third-order valence-corrected chi connectivity index (χ3v) is 10.4. The van der Waals surface area contributed by atoms with Crippen LogP contribution in [0.25, 0.3) is 32.8 Å². The number of carbonyl (C=O) groups is 4. The number of likely N-dealkylation sites (tertiary alicyclic amines) is 1. The van der Waals surface area contributed by atoms with Gasteiger partial charge in [0, 0.05) is 65.0 Å². The molecule has 7 aromatic rings. The van der Waals surface area contributed by atoms with Crippen LogP contribution in [-0.4, -0.2) is 68.3 Å². The fraction of sp³-hybridized carbons (Fsp3) is 0.205. The molecule has 57 heavy (non-hydrogen) atoms. The normalized spacial score (nSPS) is 15.1. The maximum absolute atomic E-state index is 14.6. The van der Waals surface area contributed by atoms with Crippen LogP contribution in [0.1, 0.15) is 39.9 Å². The van der Waals surface area contributed by atoms with Gasteiger partial charge < -0.3 is 39.8 Å². The number of hydrogen-bond acceptors (Lipinski definition) is 8. The predicted molar refractivity (Wildman–Crippen MR) is 212 cm³/mol. The van der Waals surface area contributed by atoms with Gasteiger partial charge in [-0.1, -0.05) is 66.7 Å². The molecule has 3 atom stereocenters. The van der Waals surface area contributed by atoms with Crippen molar-refractivity contribution in [2.45, 2.75) is 50.4 Å². The average molecular weight is 766 g/mol. The van der Waals surface area contributed by atoms with E-state index >= 15 is 0 Å². The lowest BCUT2D eigenvalue weighted by molar-refractivity contribution is -0.155. The number of aromatic hydroxyl groups is 1. The Morgan fingerprint density at radius 1 is 0.807 bits per heavy atom. The lowest BCUT2D eigenvalue weighted by Gasteiger charge is -2.29. The number of aromatic amines is 2. The van der Waals surface area contributed by atoms with E-state index in [0.717, 1.165) is 32.9 Å². The highest BCUT2D eigenvalue weighted by Crippen LogP contribution is 2.25. The molecular weight excluding hydrogens is 727 g/mol. The van der Waals surface area contributed by atoms with E-state index in [9.17, 15) is 29.1 Å². The van der Waals surface area contributed by atoms with Crippen molar-refractivity contribution in [1.82, 2.24) is 25.5 Å². The summed E-state index contributed by atoms with van der Waals surface area (Å²) in [4.78, 5) is 77.4. The third-order valence-electron chi connectivity index (χ3n) is 10.4. The molecule has 0 spiro atoms. The van der Waals surface area contributed by atoms with Crippen molar-refractivity contribution in [2.24, 2.45) is 0 Å². The fourth-order valence-corrected chi connectivity index (χ4v) is 7.52. The van der Waals surface area contributed by atoms with Crippen LogP contribution in [0.2, 0.25) is 0 Å². The average Bonchev–Trinajstić information content (AvgIpc) is 3.99. The van der Waals surface area contributed by atoms with Gasteiger partial charge in [0.05, 0.1) is 0 Å². The highest BCUT2D eigenvalue weighted by atomic mass is 16.5. The summed E-state index contributed by atoms with van der Waals surface area (Å²) in [7, 11) is 0. The first-order chi connectivity index (χ1) is 27.7. The highest BCUT2D eigenvalue weighted by molar-refractivity contribution is 6.01. The van der Waals surface area contributed by atoms with E-state index in [0.29, 0.717) is 23.8 Å². The Morgan fingerprint density at radius 2 is 1.46 bits per heavy atom. The number of phenolic OH excluding ortho intramolecular Hbond substituents is 1. The summed E-state index contributed by atoms with van der Waals surface area (Å²) in [5, 5.41) is 17.6. The first-order valence-corrected chi connectivity index (χ1v) is 18.7. The molecule has 4 aromatic carbocycles. The summed E-state index contributed by atoms with van der Waals surface area (Å²) in [5.41, 5.74) is 2.76. The minimum absolute atomic E-state index is 0.000517. The number of amides is 3. The van der Waals surface area contributed by atoms with Gasteiger partial charge in [-0.15, -0.1) is 0 Å². The number of carbonyl (C=O) groups excluding carboxylic acids is 4. The van der Waals surface area contributed by atoms with Gasteiger partial charge in [0.25, 0.3) is 5.91 Å². The highest BCUT2D eigenvalue weighted by Gasteiger charge is 2.40. The number of hydrogen-bond donors (Lipinski definition) is 5. The Balaban J connectivity index is 1.10. The maximum Gasteiger partial charge on any atom is 0.349 e. The summed E-state index contributed by atoms with van der Waals surface area (Å²) in [6, 6.07) is 26.6. The molecule has 1 saturated heterocycles. The van der Waals surface area contributed by atoms with Gasteiger partial charge in [0.2, 0.25) is 11.8 Å². The van der Waals surface area contributed by atoms with Crippen molar-refractivity contribution < 1.29 is 33.4 Å². The van der Waals surface area contributed by atoms with Crippen molar-refractivity contribution in [3.8, 4) is 5.75 Å². The molecule has 0 unspecified atom stereocenters. The third kappa shape index (κ3) is 7.85. The fourth-order valence-electron chi connectivity index (χ4n) is 7.52. The van der Waals surface area contributed by atoms with E-state index < -0.39 is 47.4 Å². The van der Waals surface area contributed by atoms with Crippen LogP contribution in [0.5, 0.6) is 5.75 Å². The zero-order valence-corrected chi connectivity index (χ0v) is 30.7. The number of esters is 1. The van der Waals surface area contributed by atoms with E-state index in [2.05, 4.69) is 20.6 Å². The molecule has 1 aliphatic rings. The van der Waals surface area contributed by atoms with Crippen molar-refractivity contribution in [1.29, 1.82) is 0 Å². The summed E-state index contributed by atoms with van der Waals surface area (Å²) in [5.74, 6) is -2.65. The maximum atomic E-state index is 14.6. The summed E-state index contributed by atoms with van der Waals surface area (Å²) >= 11 is 0. The minimum Gasteiger partial charge on any atom is -0.508 e. The molecule has 0 saturated carbocycles. The zero-order chi connectivity index (χ0) is 39.5. The molecule has 3 aromatic heterocycles. The number of nitrogens with zero attached hydrogens (tertiary/aromatic N) is 1. The Hall–Kier alpha value is -7.15. The first kappa shape index (κ1) is 36.8. The number of fused-ring (bicyclic) bond motifs is 3. The monoisotopic (exact) mass is 765 g/mol. The number of phenols is 1. The molecule has 0 bridgehead atoms. The van der Waals surface area contributed by atoms with E-state index in [-0.39, 0.29) is 42.9 Å². The van der Waals surface area contributed by atoms with E-state index in [1.54, 1.807) is 12.4 Å². The molecule has 4 heterocycles. The lowest BCUT2D eigenvalue weighted by Crippen LogP contribution is -2.57. The molecular formula is C44H39N5O8. The van der Waals surface area contributed by atoms with Gasteiger partial charge >= 0.3 is 11.6 Å². The summed E-state index contributed by atoms with van der Waals surface area (Å²) in [6.07, 6.45) is 4.58. The molecule has 288 valence electrons. The van der Waals surface area contributed by atoms with Gasteiger partial charge in [0.1, 0.15) is 41.6 Å². The molecule has 1 aliphatic heterocycles. The first-order valence-electron chi connectivity index (χ1n) is 18.7. The quantitative estimate of drug-likeness (QED) is 0.0823. The van der Waals surface area contributed by atoms with Crippen LogP contribution < -0.4 is 16.3 Å². The Morgan fingerprint density at radius 3 is 2.16 bits per heavy atom. The number of rotatable bonds is 12. The Bertz CT molecular complexity index is 2680. The molecule has 13 nitrogen and oxygen atoms in total. The van der Waals surface area contributed by atoms with Gasteiger partial charge in [-0.25, -0.2) is 9.59 Å². The summed E-state index contributed by atoms with van der Waals surface area (Å²) in [6.45, 7) is 0.343. The number of nitrogens with one attached hydrogen (secondary N) is 4. The zero-order valence-electron chi connectivity index (χ0n) is 30.7. The number of benzene rings is 4. The van der Waals surface area contributed by atoms with Crippen LogP contribution in [0.3, 0.4) is 0 Å². The van der Waals surface area contributed by atoms with Crippen LogP contribution >= 0.6 is 0 Å². The predicted octanol–water partition coefficient (Wildman–Crippen LogP) is 5.26. The number of H-pyrrole nitrogens is 2. The molecule has 3 amide bonds. The van der Waals surface area contributed by atoms with Gasteiger partial charge in [0.15, 0.2) is 0 Å². The van der Waals surface area contributed by atoms with E-state index in [4.69, 9.17) is 9.15 Å². The largest absolute Gasteiger partial charge is 0.508 e. The summed E-state index contributed by atoms with van der Waals surface area (Å²) < 4.78 is 11.0. The Kier molecular flexibility index (Phi) is 10.3. The van der Waals surface area contributed by atoms with Crippen molar-refractivity contribution in [2.75, 3.05) is 6.54 Å². The molecule has 0 aliphatic carbocycles. The molecule has 8 rings (SSSR count). The second-order valence-corrected chi connectivity index (χ2v) is 14.2. The lowest BCUT2D eigenvalue weighted by atomic mass is 10.0. The van der Waals surface area contributed by atoms with Crippen LogP contribution in [0, 0.1) is 0 Å². The van der Waals surface area contributed by atoms with E-state index in [1.165, 1.54) is 29.2 Å². The van der Waals surface area contributed by atoms with E-state index in [1.807, 2.05) is 78.9 Å². The van der Waals surface area contributed by atoms with Crippen molar-refractivity contribution in [3.05, 3.63) is 148 Å². The van der Waals surface area contributed by atoms with Crippen molar-refractivity contribution >= 4 is 56.5 Å². The van der Waals surface area contributed by atoms with Crippen molar-refractivity contribution in [3.63, 3.8) is 0 Å². The molecule has 1 fully saturated rings. The molecule has 13 heteroatoms. The number of aromatic nitrogens is 2. The Labute approximate surface area is 325 Å². The van der Waals surface area contributed by atoms with Crippen LogP contribution in [-0.2, 0) is 38.6 Å². The second-order valence-electron chi connectivity index (χ2n) is 14.2. The molecule has 0 radical (unpaired) electrons. The SMILES string of the molecule is O=C(N[C@@H](Cc1c[nH]c2ccccc12)C(=O)N[C@@H](Cc1c[nH]c2ccccc12)C(=O)N1CCC[C@H]1C(=O)OCc1ccccc1)c1cc2ccc(O)cc2oc1=O. The number of ether oxygens (including phenoxy) is 1. The number of para-hydroxylation sites is 2. The molecule has 5 N–H and O–H groups in total. The topological polar surface area (TPSA) is 187 Å². The van der Waals surface area contributed by atoms with Crippen LogP contribution in [0.15, 0.2) is 125 Å². The van der Waals surface area contributed by atoms with Gasteiger partial charge in [-0.2, -0.15) is 0 Å². The minimum atomic E-state index is -1.27. The standard InChI is InChI=1S/C44H39N5O8/c50-30-17-16-27-19-33(43(54)57-39(27)22-30)40(51)47-36(20-28-23-45-34-13-6-4-11-31(28)34)41(52)48-37(21-29-24-46-35-14-7-5-12-32(29)35)42(53)49-18-8-15-38(49)44(55)56-25-26-9-2-1-3-10-26/h1-7,9-14,16-17,19,22-24,36-38,45-46,50H,8,15,18,20-21,25H2,(H,47,51)(H,48,52)/t36-,37-,38-/m0/s1.